The molecule has 0 saturated carbocycles. The zero-order chi connectivity index (χ0) is 9.07. The van der Waals surface area contributed by atoms with Crippen molar-refractivity contribution in [2.75, 3.05) is 6.61 Å². The molecule has 74 valence electrons. The zero-order valence-electron chi connectivity index (χ0n) is 8.50. The minimum Gasteiger partial charge on any atom is -0.396 e. The fourth-order valence-corrected chi connectivity index (χ4v) is 0.881. The van der Waals surface area contributed by atoms with Crippen LogP contribution < -0.4 is 0 Å². The summed E-state index contributed by atoms with van der Waals surface area (Å²) in [4.78, 5) is 0. The Labute approximate surface area is 98.9 Å². The summed E-state index contributed by atoms with van der Waals surface area (Å²) in [6.07, 6.45) is 14.0. The first-order chi connectivity index (χ1) is 5.91. The second-order valence-electron chi connectivity index (χ2n) is 2.86. The fraction of sp³-hybridized carbons (Fsp3) is 0.636. The largest absolute Gasteiger partial charge is 0.396 e. The van der Waals surface area contributed by atoms with Crippen molar-refractivity contribution in [1.29, 1.82) is 0 Å². The summed E-state index contributed by atoms with van der Waals surface area (Å²) >= 11 is 0. The van der Waals surface area contributed by atoms with E-state index in [1.54, 1.807) is 0 Å². The van der Waals surface area contributed by atoms with Gasteiger partial charge in [0.15, 0.2) is 0 Å². The van der Waals surface area contributed by atoms with Crippen molar-refractivity contribution in [3.8, 4) is 0 Å². The second-order valence-corrected chi connectivity index (χ2v) is 2.86. The quantitative estimate of drug-likeness (QED) is 0.433. The Morgan fingerprint density at radius 1 is 1.00 bits per heavy atom. The molecule has 0 aromatic rings. The minimum absolute atomic E-state index is 0. The molecule has 0 heterocycles. The van der Waals surface area contributed by atoms with Crippen LogP contribution in [0.3, 0.4) is 0 Å². The van der Waals surface area contributed by atoms with E-state index in [-0.39, 0.29) is 23.9 Å². The predicted octanol–water partition coefficient (Wildman–Crippen LogP) is 2.68. The van der Waals surface area contributed by atoms with Crippen LogP contribution >= 0.6 is 0 Å². The predicted molar refractivity (Wildman–Crippen MR) is 59.9 cm³/mol. The summed E-state index contributed by atoms with van der Waals surface area (Å²) < 4.78 is 0. The molecule has 0 atom stereocenters. The first-order valence-electron chi connectivity index (χ1n) is 4.84. The molecular weight excluding hydrogens is 267 g/mol. The smallest absolute Gasteiger partial charge is 0.0433 e. The molecule has 0 unspecified atom stereocenters. The standard InChI is InChI=1S/C11H20O.Sn/c1-2-3-4-5-6-7-8-9-10-11-12;/h5-8,12H,2-4,9-11H2,1H3;/b6-5+,8-7-;. The van der Waals surface area contributed by atoms with Gasteiger partial charge in [-0.1, -0.05) is 44.1 Å². The third kappa shape index (κ3) is 15.0. The average molecular weight is 287 g/mol. The van der Waals surface area contributed by atoms with Crippen molar-refractivity contribution < 1.29 is 5.11 Å². The number of unbranched alkanes of at least 4 members (excludes halogenated alkanes) is 3. The van der Waals surface area contributed by atoms with Gasteiger partial charge in [0, 0.05) is 30.5 Å². The maximum Gasteiger partial charge on any atom is 0.0433 e. The SMILES string of the molecule is CCCC/C=C/C=C\CCCO.[Sn]. The molecule has 2 heteroatoms. The monoisotopic (exact) mass is 288 g/mol. The van der Waals surface area contributed by atoms with Gasteiger partial charge in [-0.2, -0.15) is 0 Å². The Bertz CT molecular complexity index is 114. The number of hydrogen-bond acceptors (Lipinski definition) is 1. The van der Waals surface area contributed by atoms with E-state index in [0.29, 0.717) is 6.61 Å². The third-order valence-corrected chi connectivity index (χ3v) is 1.64. The summed E-state index contributed by atoms with van der Waals surface area (Å²) in [5, 5.41) is 8.49. The molecular formula is C11H20OSn. The topological polar surface area (TPSA) is 20.2 Å². The van der Waals surface area contributed by atoms with E-state index >= 15 is 0 Å². The van der Waals surface area contributed by atoms with Gasteiger partial charge in [0.25, 0.3) is 0 Å². The van der Waals surface area contributed by atoms with E-state index in [1.807, 2.05) is 0 Å². The molecule has 0 bridgehead atoms. The molecule has 0 rings (SSSR count). The van der Waals surface area contributed by atoms with Crippen molar-refractivity contribution in [3.63, 3.8) is 0 Å². The molecule has 0 aromatic carbocycles. The second kappa shape index (κ2) is 14.7. The minimum atomic E-state index is 0. The van der Waals surface area contributed by atoms with Crippen molar-refractivity contribution in [1.82, 2.24) is 0 Å². The first kappa shape index (κ1) is 15.7. The molecule has 1 nitrogen and oxygen atoms in total. The van der Waals surface area contributed by atoms with Gasteiger partial charge in [-0.15, -0.1) is 0 Å². The number of rotatable bonds is 7. The number of aliphatic hydroxyl groups is 1. The van der Waals surface area contributed by atoms with Crippen molar-refractivity contribution in [2.45, 2.75) is 39.0 Å². The molecule has 4 radical (unpaired) electrons. The van der Waals surface area contributed by atoms with Crippen LogP contribution in [0.2, 0.25) is 0 Å². The van der Waals surface area contributed by atoms with E-state index < -0.39 is 0 Å². The van der Waals surface area contributed by atoms with Crippen LogP contribution in [0, 0.1) is 0 Å². The molecule has 0 aliphatic heterocycles. The molecule has 0 fully saturated rings. The Balaban J connectivity index is 0. The van der Waals surface area contributed by atoms with Gasteiger partial charge in [0.05, 0.1) is 0 Å². The Morgan fingerprint density at radius 2 is 1.54 bits per heavy atom. The van der Waals surface area contributed by atoms with Gasteiger partial charge in [-0.25, -0.2) is 0 Å². The van der Waals surface area contributed by atoms with Crippen LogP contribution in [0.1, 0.15) is 39.0 Å². The Kier molecular flexibility index (Phi) is 17.8. The molecule has 0 amide bonds. The molecule has 1 N–H and O–H groups in total. The van der Waals surface area contributed by atoms with Gasteiger partial charge in [0.1, 0.15) is 0 Å². The van der Waals surface area contributed by atoms with Gasteiger partial charge in [0.2, 0.25) is 0 Å². The van der Waals surface area contributed by atoms with Gasteiger partial charge >= 0.3 is 0 Å². The number of hydrogen-bond donors (Lipinski definition) is 1. The summed E-state index contributed by atoms with van der Waals surface area (Å²) in [5.41, 5.74) is 0. The van der Waals surface area contributed by atoms with Gasteiger partial charge in [-0.3, -0.25) is 0 Å². The third-order valence-electron chi connectivity index (χ3n) is 1.64. The van der Waals surface area contributed by atoms with Crippen molar-refractivity contribution in [2.24, 2.45) is 0 Å². The number of aliphatic hydroxyl groups excluding tert-OH is 1. The van der Waals surface area contributed by atoms with E-state index in [0.717, 1.165) is 12.8 Å². The zero-order valence-corrected chi connectivity index (χ0v) is 11.4. The van der Waals surface area contributed by atoms with Crippen LogP contribution in [-0.4, -0.2) is 35.6 Å². The Morgan fingerprint density at radius 3 is 2.00 bits per heavy atom. The molecule has 0 aromatic heterocycles. The first-order valence-corrected chi connectivity index (χ1v) is 4.84. The van der Waals surface area contributed by atoms with Gasteiger partial charge in [-0.05, 0) is 19.3 Å². The van der Waals surface area contributed by atoms with Crippen molar-refractivity contribution >= 4 is 23.9 Å². The fourth-order valence-electron chi connectivity index (χ4n) is 0.881. The van der Waals surface area contributed by atoms with Gasteiger partial charge < -0.3 is 5.11 Å². The molecule has 0 aliphatic carbocycles. The number of allylic oxidation sites excluding steroid dienone is 4. The van der Waals surface area contributed by atoms with Crippen LogP contribution in [0.15, 0.2) is 24.3 Å². The summed E-state index contributed by atoms with van der Waals surface area (Å²) in [6.45, 7) is 2.49. The Hall–Kier alpha value is 0.239. The summed E-state index contributed by atoms with van der Waals surface area (Å²) in [6, 6.07) is 0. The summed E-state index contributed by atoms with van der Waals surface area (Å²) in [5.74, 6) is 0. The molecule has 13 heavy (non-hydrogen) atoms. The summed E-state index contributed by atoms with van der Waals surface area (Å²) in [7, 11) is 0. The van der Waals surface area contributed by atoms with E-state index in [4.69, 9.17) is 5.11 Å². The van der Waals surface area contributed by atoms with Crippen LogP contribution in [0.25, 0.3) is 0 Å². The van der Waals surface area contributed by atoms with E-state index in [2.05, 4.69) is 31.2 Å². The molecule has 0 saturated heterocycles. The maximum absolute atomic E-state index is 8.49. The van der Waals surface area contributed by atoms with Crippen LogP contribution in [0.4, 0.5) is 0 Å². The van der Waals surface area contributed by atoms with E-state index in [1.165, 1.54) is 19.3 Å². The van der Waals surface area contributed by atoms with Crippen LogP contribution in [0.5, 0.6) is 0 Å². The normalized spacial score (nSPS) is 10.9. The average Bonchev–Trinajstić information content (AvgIpc) is 2.10. The molecule has 0 aliphatic rings. The maximum atomic E-state index is 8.49. The van der Waals surface area contributed by atoms with Crippen LogP contribution in [-0.2, 0) is 0 Å². The van der Waals surface area contributed by atoms with Crippen molar-refractivity contribution in [3.05, 3.63) is 24.3 Å². The van der Waals surface area contributed by atoms with E-state index in [9.17, 15) is 0 Å². The molecule has 0 spiro atoms.